The summed E-state index contributed by atoms with van der Waals surface area (Å²) in [4.78, 5) is 21.1. The molecule has 0 amide bonds. The third-order valence-electron chi connectivity index (χ3n) is 5.21. The molecule has 4 N–H and O–H groups in total. The zero-order valence-corrected chi connectivity index (χ0v) is 16.9. The predicted molar refractivity (Wildman–Crippen MR) is 112 cm³/mol. The molecule has 0 spiro atoms. The van der Waals surface area contributed by atoms with Crippen LogP contribution in [-0.4, -0.2) is 46.2 Å². The van der Waals surface area contributed by atoms with E-state index < -0.39 is 17.7 Å². The van der Waals surface area contributed by atoms with E-state index in [4.69, 9.17) is 0 Å². The fourth-order valence-corrected chi connectivity index (χ4v) is 4.03. The summed E-state index contributed by atoms with van der Waals surface area (Å²) in [6.45, 7) is 5.31. The summed E-state index contributed by atoms with van der Waals surface area (Å²) < 4.78 is 39.8. The van der Waals surface area contributed by atoms with E-state index in [1.165, 1.54) is 24.3 Å². The molecule has 2 unspecified atom stereocenters. The number of hydrogen-bond donors (Lipinski definition) is 4. The van der Waals surface area contributed by atoms with Crippen LogP contribution in [0.3, 0.4) is 0 Å². The number of carboxylic acids is 1. The fraction of sp³-hybridized carbons (Fsp3) is 0.333. The van der Waals surface area contributed by atoms with Crippen molar-refractivity contribution in [1.29, 1.82) is 0 Å². The number of aromatic amines is 1. The van der Waals surface area contributed by atoms with Crippen LogP contribution in [0.5, 0.6) is 0 Å². The van der Waals surface area contributed by atoms with Gasteiger partial charge in [-0.3, -0.25) is 0 Å². The number of aromatic carboxylic acids is 1. The molecule has 1 aromatic heterocycles. The highest BCUT2D eigenvalue weighted by molar-refractivity contribution is 6.00. The molecule has 7 nitrogen and oxygen atoms in total. The first-order valence-electron chi connectivity index (χ1n) is 9.83. The molecule has 4 rings (SSSR count). The number of imidazole rings is 1. The molecule has 2 aromatic carbocycles. The van der Waals surface area contributed by atoms with Crippen molar-refractivity contribution in [2.24, 2.45) is 0 Å². The Labute approximate surface area is 176 Å². The lowest BCUT2D eigenvalue weighted by Gasteiger charge is -2.38. The minimum Gasteiger partial charge on any atom is -0.478 e. The fourth-order valence-electron chi connectivity index (χ4n) is 4.03. The third-order valence-corrected chi connectivity index (χ3v) is 5.21. The number of alkyl halides is 3. The summed E-state index contributed by atoms with van der Waals surface area (Å²) in [6, 6.07) is 8.60. The van der Waals surface area contributed by atoms with Crippen LogP contribution in [0.4, 0.5) is 30.5 Å². The molecule has 1 aliphatic heterocycles. The Morgan fingerprint density at radius 1 is 1.19 bits per heavy atom. The molecule has 1 aliphatic rings. The summed E-state index contributed by atoms with van der Waals surface area (Å²) >= 11 is 0. The molecule has 1 saturated heterocycles. The first kappa shape index (κ1) is 21.0. The molecule has 0 aliphatic carbocycles. The highest BCUT2D eigenvalue weighted by atomic mass is 19.4. The largest absolute Gasteiger partial charge is 0.478 e. The molecule has 164 valence electrons. The van der Waals surface area contributed by atoms with E-state index in [-0.39, 0.29) is 29.3 Å². The van der Waals surface area contributed by atoms with Gasteiger partial charge in [0.05, 0.1) is 33.5 Å². The highest BCUT2D eigenvalue weighted by Gasteiger charge is 2.33. The Hall–Kier alpha value is -3.27. The van der Waals surface area contributed by atoms with Crippen molar-refractivity contribution in [3.8, 4) is 0 Å². The van der Waals surface area contributed by atoms with Gasteiger partial charge in [-0.2, -0.15) is 13.2 Å². The number of nitrogens with one attached hydrogen (secondary N) is 3. The number of fused-ring (bicyclic) bond motifs is 1. The Kier molecular flexibility index (Phi) is 5.26. The molecule has 10 heteroatoms. The number of carbonyl (C=O) groups is 1. The molecular weight excluding hydrogens is 411 g/mol. The van der Waals surface area contributed by atoms with Gasteiger partial charge in [-0.25, -0.2) is 9.78 Å². The first-order valence-corrected chi connectivity index (χ1v) is 9.83. The summed E-state index contributed by atoms with van der Waals surface area (Å²) in [5.74, 6) is -0.982. The molecule has 0 radical (unpaired) electrons. The van der Waals surface area contributed by atoms with E-state index in [0.29, 0.717) is 29.8 Å². The Morgan fingerprint density at radius 2 is 1.87 bits per heavy atom. The summed E-state index contributed by atoms with van der Waals surface area (Å²) in [5.41, 5.74) is 0.576. The molecule has 2 atom stereocenters. The van der Waals surface area contributed by atoms with Crippen molar-refractivity contribution in [2.75, 3.05) is 23.3 Å². The van der Waals surface area contributed by atoms with Gasteiger partial charge in [-0.15, -0.1) is 0 Å². The van der Waals surface area contributed by atoms with Gasteiger partial charge >= 0.3 is 12.1 Å². The van der Waals surface area contributed by atoms with Crippen LogP contribution in [0.25, 0.3) is 11.0 Å². The standard InChI is InChI=1S/C21H22F3N5O2/c1-11-9-29(10-12(2)25-11)18-8-17-16(7-13(18)19(30)31)27-20(28-17)26-15-6-4-3-5-14(15)21(22,23)24/h3-8,11-12,25H,9-10H2,1-2H3,(H,30,31)(H2,26,27,28). The second-order valence-electron chi connectivity index (χ2n) is 7.82. The smallest absolute Gasteiger partial charge is 0.418 e. The van der Waals surface area contributed by atoms with Crippen molar-refractivity contribution >= 4 is 34.3 Å². The average molecular weight is 433 g/mol. The Bertz CT molecular complexity index is 1120. The molecule has 0 saturated carbocycles. The summed E-state index contributed by atoms with van der Waals surface area (Å²) in [7, 11) is 0. The number of H-pyrrole nitrogens is 1. The zero-order chi connectivity index (χ0) is 22.3. The number of nitrogens with zero attached hydrogens (tertiary/aromatic N) is 2. The normalized spacial score (nSPS) is 19.6. The number of carboxylic acid groups (broad SMARTS) is 1. The summed E-state index contributed by atoms with van der Waals surface area (Å²) in [5, 5.41) is 15.8. The lowest BCUT2D eigenvalue weighted by molar-refractivity contribution is -0.136. The van der Waals surface area contributed by atoms with Gasteiger partial charge in [0, 0.05) is 25.2 Å². The topological polar surface area (TPSA) is 93.3 Å². The molecule has 1 fully saturated rings. The third kappa shape index (κ3) is 4.29. The zero-order valence-electron chi connectivity index (χ0n) is 16.9. The van der Waals surface area contributed by atoms with Crippen molar-refractivity contribution in [3.63, 3.8) is 0 Å². The van der Waals surface area contributed by atoms with Crippen LogP contribution in [0.1, 0.15) is 29.8 Å². The molecule has 31 heavy (non-hydrogen) atoms. The number of benzene rings is 2. The van der Waals surface area contributed by atoms with Gasteiger partial charge in [0.25, 0.3) is 0 Å². The predicted octanol–water partition coefficient (Wildman–Crippen LogP) is 4.21. The number of piperazine rings is 1. The number of rotatable bonds is 4. The maximum absolute atomic E-state index is 13.3. The lowest BCUT2D eigenvalue weighted by Crippen LogP contribution is -2.54. The van der Waals surface area contributed by atoms with Crippen molar-refractivity contribution in [3.05, 3.63) is 47.5 Å². The Balaban J connectivity index is 1.73. The van der Waals surface area contributed by atoms with Crippen molar-refractivity contribution in [1.82, 2.24) is 15.3 Å². The van der Waals surface area contributed by atoms with E-state index in [0.717, 1.165) is 6.07 Å². The van der Waals surface area contributed by atoms with E-state index in [2.05, 4.69) is 20.6 Å². The van der Waals surface area contributed by atoms with E-state index in [9.17, 15) is 23.1 Å². The minimum absolute atomic E-state index is 0.0993. The van der Waals surface area contributed by atoms with Crippen LogP contribution in [-0.2, 0) is 6.18 Å². The van der Waals surface area contributed by atoms with Gasteiger partial charge in [-0.1, -0.05) is 12.1 Å². The SMILES string of the molecule is CC1CN(c2cc3nc(Nc4ccccc4C(F)(F)F)[nH]c3cc2C(=O)O)CC(C)N1. The van der Waals surface area contributed by atoms with E-state index in [1.54, 1.807) is 6.07 Å². The van der Waals surface area contributed by atoms with Crippen molar-refractivity contribution < 1.29 is 23.1 Å². The highest BCUT2D eigenvalue weighted by Crippen LogP contribution is 2.36. The Morgan fingerprint density at radius 3 is 2.52 bits per heavy atom. The van der Waals surface area contributed by atoms with Crippen LogP contribution in [0.15, 0.2) is 36.4 Å². The number of para-hydroxylation sites is 1. The van der Waals surface area contributed by atoms with Gasteiger partial charge < -0.3 is 25.6 Å². The molecular formula is C21H22F3N5O2. The first-order chi connectivity index (χ1) is 14.6. The number of hydrogen-bond acceptors (Lipinski definition) is 5. The van der Waals surface area contributed by atoms with Gasteiger partial charge in [0.2, 0.25) is 5.95 Å². The number of halogens is 3. The minimum atomic E-state index is -4.52. The van der Waals surface area contributed by atoms with Crippen LogP contribution >= 0.6 is 0 Å². The van der Waals surface area contributed by atoms with Crippen LogP contribution in [0.2, 0.25) is 0 Å². The number of aromatic nitrogens is 2. The monoisotopic (exact) mass is 433 g/mol. The van der Waals surface area contributed by atoms with Crippen LogP contribution in [0, 0.1) is 0 Å². The average Bonchev–Trinajstić information content (AvgIpc) is 3.07. The van der Waals surface area contributed by atoms with Crippen molar-refractivity contribution in [2.45, 2.75) is 32.1 Å². The summed E-state index contributed by atoms with van der Waals surface area (Å²) in [6.07, 6.45) is -4.52. The maximum atomic E-state index is 13.3. The van der Waals surface area contributed by atoms with E-state index in [1.807, 2.05) is 18.7 Å². The molecule has 0 bridgehead atoms. The molecule has 2 heterocycles. The van der Waals surface area contributed by atoms with E-state index >= 15 is 0 Å². The van der Waals surface area contributed by atoms with Gasteiger partial charge in [0.1, 0.15) is 0 Å². The molecule has 3 aromatic rings. The quantitative estimate of drug-likeness (QED) is 0.493. The van der Waals surface area contributed by atoms with Gasteiger partial charge in [0.15, 0.2) is 0 Å². The number of anilines is 3. The second-order valence-corrected chi connectivity index (χ2v) is 7.82. The maximum Gasteiger partial charge on any atom is 0.418 e. The second kappa shape index (κ2) is 7.77. The van der Waals surface area contributed by atoms with Crippen LogP contribution < -0.4 is 15.5 Å². The van der Waals surface area contributed by atoms with Gasteiger partial charge in [-0.05, 0) is 38.1 Å². The lowest BCUT2D eigenvalue weighted by atomic mass is 10.1.